The standard InChI is InChI=1S/C37H48F3N7O4/c1-24(2)19-30(35(50)45-29(15-9-10-18-41)34(49)44-23-27-16-17-32(43-22-27)37(38,39)40)47-36(51)31(21-26-13-7-4-8-14-26)46-33(48)28(42)20-25-11-5-3-6-12-25/h3-8,11-14,16-17,22,24,28-31H,9-10,15,18-21,23,41-42H2,1-2H3,(H,44,49)(H,45,50)(H,46,48)(H,47,51)/t28-,29-,30-,31-/m1/s1. The number of unbranched alkanes of at least 4 members (excludes halogenated alkanes) is 1. The Labute approximate surface area is 296 Å². The molecule has 14 heteroatoms. The van der Waals surface area contributed by atoms with Crippen LogP contribution in [0.4, 0.5) is 13.2 Å². The van der Waals surface area contributed by atoms with Gasteiger partial charge < -0.3 is 32.7 Å². The Hall–Kier alpha value is -4.82. The maximum Gasteiger partial charge on any atom is 0.433 e. The van der Waals surface area contributed by atoms with Crippen molar-refractivity contribution in [1.82, 2.24) is 26.3 Å². The Balaban J connectivity index is 1.74. The van der Waals surface area contributed by atoms with E-state index in [1.165, 1.54) is 6.07 Å². The van der Waals surface area contributed by atoms with Crippen LogP contribution in [0.5, 0.6) is 0 Å². The van der Waals surface area contributed by atoms with Gasteiger partial charge >= 0.3 is 6.18 Å². The van der Waals surface area contributed by atoms with Gasteiger partial charge in [-0.3, -0.25) is 24.2 Å². The number of alkyl halides is 3. The van der Waals surface area contributed by atoms with Crippen molar-refractivity contribution in [1.29, 1.82) is 0 Å². The highest BCUT2D eigenvalue weighted by Crippen LogP contribution is 2.27. The molecule has 0 spiro atoms. The number of hydrogen-bond donors (Lipinski definition) is 6. The van der Waals surface area contributed by atoms with Crippen LogP contribution >= 0.6 is 0 Å². The topological polar surface area (TPSA) is 181 Å². The molecule has 51 heavy (non-hydrogen) atoms. The van der Waals surface area contributed by atoms with Crippen LogP contribution in [0.25, 0.3) is 0 Å². The SMILES string of the molecule is CC(C)C[C@@H](NC(=O)[C@@H](Cc1ccccc1)NC(=O)[C@H](N)Cc1ccccc1)C(=O)N[C@H](CCCCN)C(=O)NCc1ccc(C(F)(F)F)nc1. The van der Waals surface area contributed by atoms with Crippen molar-refractivity contribution in [2.75, 3.05) is 6.54 Å². The average molecular weight is 712 g/mol. The first-order valence-corrected chi connectivity index (χ1v) is 17.0. The van der Waals surface area contributed by atoms with Gasteiger partial charge in [-0.15, -0.1) is 0 Å². The summed E-state index contributed by atoms with van der Waals surface area (Å²) in [7, 11) is 0. The van der Waals surface area contributed by atoms with E-state index in [-0.39, 0.29) is 38.1 Å². The second-order valence-electron chi connectivity index (χ2n) is 12.9. The molecule has 276 valence electrons. The van der Waals surface area contributed by atoms with E-state index in [0.717, 1.165) is 23.4 Å². The number of nitrogens with two attached hydrogens (primary N) is 2. The minimum absolute atomic E-state index is 0.0424. The van der Waals surface area contributed by atoms with Gasteiger partial charge in [0.25, 0.3) is 0 Å². The summed E-state index contributed by atoms with van der Waals surface area (Å²) in [6.07, 6.45) is -1.62. The van der Waals surface area contributed by atoms with E-state index in [0.29, 0.717) is 24.9 Å². The van der Waals surface area contributed by atoms with Gasteiger partial charge in [0.05, 0.1) is 6.04 Å². The summed E-state index contributed by atoms with van der Waals surface area (Å²) in [6.45, 7) is 4.01. The number of nitrogens with one attached hydrogen (secondary N) is 4. The molecular weight excluding hydrogens is 663 g/mol. The average Bonchev–Trinajstić information content (AvgIpc) is 3.10. The van der Waals surface area contributed by atoms with E-state index in [2.05, 4.69) is 26.3 Å². The number of halogens is 3. The fourth-order valence-electron chi connectivity index (χ4n) is 5.32. The molecule has 0 fully saturated rings. The number of benzene rings is 2. The molecule has 0 radical (unpaired) electrons. The molecule has 3 rings (SSSR count). The van der Waals surface area contributed by atoms with E-state index >= 15 is 0 Å². The lowest BCUT2D eigenvalue weighted by Gasteiger charge is -2.27. The Morgan fingerprint density at radius 3 is 1.82 bits per heavy atom. The molecule has 0 aliphatic carbocycles. The van der Waals surface area contributed by atoms with Crippen molar-refractivity contribution in [3.63, 3.8) is 0 Å². The maximum atomic E-state index is 13.8. The molecule has 11 nitrogen and oxygen atoms in total. The van der Waals surface area contributed by atoms with Crippen molar-refractivity contribution in [2.45, 2.75) is 89.3 Å². The summed E-state index contributed by atoms with van der Waals surface area (Å²) < 4.78 is 38.7. The molecule has 3 aromatic rings. The smallest absolute Gasteiger partial charge is 0.350 e. The number of pyridine rings is 1. The molecule has 1 heterocycles. The van der Waals surface area contributed by atoms with E-state index in [1.54, 1.807) is 0 Å². The van der Waals surface area contributed by atoms with Crippen molar-refractivity contribution < 1.29 is 32.3 Å². The lowest BCUT2D eigenvalue weighted by atomic mass is 9.99. The van der Waals surface area contributed by atoms with E-state index in [4.69, 9.17) is 11.5 Å². The van der Waals surface area contributed by atoms with Crippen LogP contribution in [0.15, 0.2) is 79.0 Å². The summed E-state index contributed by atoms with van der Waals surface area (Å²) in [6, 6.07) is 16.3. The number of hydrogen-bond acceptors (Lipinski definition) is 7. The van der Waals surface area contributed by atoms with Crippen LogP contribution in [0, 0.1) is 5.92 Å². The van der Waals surface area contributed by atoms with Crippen molar-refractivity contribution >= 4 is 23.6 Å². The van der Waals surface area contributed by atoms with Crippen LogP contribution in [0.1, 0.15) is 61.9 Å². The summed E-state index contributed by atoms with van der Waals surface area (Å²) in [5.74, 6) is -2.33. The van der Waals surface area contributed by atoms with E-state index < -0.39 is 59.7 Å². The van der Waals surface area contributed by atoms with Crippen molar-refractivity contribution in [3.05, 3.63) is 101 Å². The van der Waals surface area contributed by atoms with Gasteiger partial charge in [-0.25, -0.2) is 0 Å². The quantitative estimate of drug-likeness (QED) is 0.103. The number of carbonyl (C=O) groups is 4. The number of nitrogens with zero attached hydrogens (tertiary/aromatic N) is 1. The molecule has 2 aromatic carbocycles. The Morgan fingerprint density at radius 1 is 0.706 bits per heavy atom. The molecular formula is C37H48F3N7O4. The third kappa shape index (κ3) is 14.1. The number of rotatable bonds is 19. The van der Waals surface area contributed by atoms with Gasteiger partial charge in [0.1, 0.15) is 23.8 Å². The highest BCUT2D eigenvalue weighted by molar-refractivity contribution is 5.95. The highest BCUT2D eigenvalue weighted by Gasteiger charge is 2.33. The molecule has 0 aliphatic rings. The highest BCUT2D eigenvalue weighted by atomic mass is 19.4. The summed E-state index contributed by atoms with van der Waals surface area (Å²) in [5.41, 5.74) is 12.8. The summed E-state index contributed by atoms with van der Waals surface area (Å²) in [4.78, 5) is 57.4. The molecule has 1 aromatic heterocycles. The number of carbonyl (C=O) groups excluding carboxylic acids is 4. The Bertz CT molecular complexity index is 1540. The molecule has 8 N–H and O–H groups in total. The van der Waals surface area contributed by atoms with Gasteiger partial charge in [0.15, 0.2) is 0 Å². The Morgan fingerprint density at radius 2 is 1.27 bits per heavy atom. The summed E-state index contributed by atoms with van der Waals surface area (Å²) >= 11 is 0. The first-order valence-electron chi connectivity index (χ1n) is 17.0. The monoisotopic (exact) mass is 711 g/mol. The van der Waals surface area contributed by atoms with Crippen LogP contribution in [-0.4, -0.2) is 59.3 Å². The van der Waals surface area contributed by atoms with E-state index in [9.17, 15) is 32.3 Å². The third-order valence-electron chi connectivity index (χ3n) is 8.05. The summed E-state index contributed by atoms with van der Waals surface area (Å²) in [5, 5.41) is 11.0. The first-order chi connectivity index (χ1) is 24.3. The van der Waals surface area contributed by atoms with Crippen LogP contribution < -0.4 is 32.7 Å². The zero-order chi connectivity index (χ0) is 37.4. The van der Waals surface area contributed by atoms with E-state index in [1.807, 2.05) is 74.5 Å². The van der Waals surface area contributed by atoms with Crippen LogP contribution in [0.3, 0.4) is 0 Å². The number of aromatic nitrogens is 1. The van der Waals surface area contributed by atoms with Gasteiger partial charge in [0, 0.05) is 19.2 Å². The predicted octanol–water partition coefficient (Wildman–Crippen LogP) is 3.16. The van der Waals surface area contributed by atoms with Gasteiger partial charge in [-0.05, 0) is 67.3 Å². The minimum Gasteiger partial charge on any atom is -0.350 e. The normalized spacial score (nSPS) is 13.8. The molecule has 0 aliphatic heterocycles. The van der Waals surface area contributed by atoms with Gasteiger partial charge in [-0.1, -0.05) is 80.6 Å². The van der Waals surface area contributed by atoms with Crippen molar-refractivity contribution in [3.8, 4) is 0 Å². The maximum absolute atomic E-state index is 13.8. The fraction of sp³-hybridized carbons (Fsp3) is 0.432. The third-order valence-corrected chi connectivity index (χ3v) is 8.05. The predicted molar refractivity (Wildman–Crippen MR) is 188 cm³/mol. The Kier molecular flexibility index (Phi) is 16.0. The lowest BCUT2D eigenvalue weighted by Crippen LogP contribution is -2.58. The minimum atomic E-state index is -4.59. The molecule has 0 saturated heterocycles. The molecule has 0 bridgehead atoms. The zero-order valence-corrected chi connectivity index (χ0v) is 28.9. The zero-order valence-electron chi connectivity index (χ0n) is 28.9. The molecule has 0 saturated carbocycles. The number of amides is 4. The second kappa shape index (κ2) is 20.1. The molecule has 4 amide bonds. The van der Waals surface area contributed by atoms with Crippen molar-refractivity contribution in [2.24, 2.45) is 17.4 Å². The van der Waals surface area contributed by atoms with Crippen LogP contribution in [-0.2, 0) is 44.7 Å². The van der Waals surface area contributed by atoms with Gasteiger partial charge in [-0.2, -0.15) is 13.2 Å². The molecule has 4 atom stereocenters. The largest absolute Gasteiger partial charge is 0.433 e. The first kappa shape index (κ1) is 40.6. The lowest BCUT2D eigenvalue weighted by molar-refractivity contribution is -0.141. The van der Waals surface area contributed by atoms with Gasteiger partial charge in [0.2, 0.25) is 23.6 Å². The van der Waals surface area contributed by atoms with Crippen LogP contribution in [0.2, 0.25) is 0 Å². The fourth-order valence-corrected chi connectivity index (χ4v) is 5.32. The molecule has 0 unspecified atom stereocenters. The second-order valence-corrected chi connectivity index (χ2v) is 12.9.